The van der Waals surface area contributed by atoms with Crippen molar-refractivity contribution in [3.63, 3.8) is 0 Å². The quantitative estimate of drug-likeness (QED) is 0.528. The zero-order valence-electron chi connectivity index (χ0n) is 16.0. The number of aromatic nitrogens is 2. The number of nitrogens with one attached hydrogen (secondary N) is 2. The van der Waals surface area contributed by atoms with E-state index in [0.29, 0.717) is 11.0 Å². The van der Waals surface area contributed by atoms with E-state index < -0.39 is 21.7 Å². The van der Waals surface area contributed by atoms with Crippen LogP contribution in [0.15, 0.2) is 47.4 Å². The number of carbonyl (C=O) groups excluding carboxylic acids is 1. The summed E-state index contributed by atoms with van der Waals surface area (Å²) >= 11 is 7.37. The molecule has 0 aliphatic carbocycles. The van der Waals surface area contributed by atoms with E-state index in [-0.39, 0.29) is 21.2 Å². The van der Waals surface area contributed by atoms with E-state index in [1.54, 1.807) is 0 Å². The maximum absolute atomic E-state index is 13.1. The van der Waals surface area contributed by atoms with Gasteiger partial charge in [0.2, 0.25) is 5.13 Å². The van der Waals surface area contributed by atoms with Gasteiger partial charge in [0.15, 0.2) is 0 Å². The Morgan fingerprint density at radius 2 is 1.87 bits per heavy atom. The lowest BCUT2D eigenvalue weighted by Gasteiger charge is -2.11. The minimum atomic E-state index is -4.02. The van der Waals surface area contributed by atoms with Crippen molar-refractivity contribution >= 4 is 49.7 Å². The summed E-state index contributed by atoms with van der Waals surface area (Å²) in [5.74, 6) is -0.630. The van der Waals surface area contributed by atoms with Crippen molar-refractivity contribution in [2.45, 2.75) is 25.2 Å². The smallest absolute Gasteiger partial charge is 0.261 e. The summed E-state index contributed by atoms with van der Waals surface area (Å²) in [5.41, 5.74) is 0.197. The van der Waals surface area contributed by atoms with Gasteiger partial charge in [-0.05, 0) is 48.4 Å². The molecule has 0 radical (unpaired) electrons. The van der Waals surface area contributed by atoms with Gasteiger partial charge in [-0.25, -0.2) is 12.8 Å². The molecule has 0 saturated carbocycles. The van der Waals surface area contributed by atoms with Crippen molar-refractivity contribution in [1.29, 1.82) is 0 Å². The number of hydrogen-bond donors (Lipinski definition) is 2. The van der Waals surface area contributed by atoms with Crippen LogP contribution in [0.5, 0.6) is 0 Å². The molecule has 30 heavy (non-hydrogen) atoms. The van der Waals surface area contributed by atoms with Crippen LogP contribution < -0.4 is 10.0 Å². The molecule has 7 nitrogen and oxygen atoms in total. The molecule has 3 rings (SSSR count). The average Bonchev–Trinajstić information content (AvgIpc) is 3.09. The van der Waals surface area contributed by atoms with E-state index in [1.807, 2.05) is 0 Å². The van der Waals surface area contributed by atoms with Crippen molar-refractivity contribution < 1.29 is 17.6 Å². The van der Waals surface area contributed by atoms with E-state index in [1.165, 1.54) is 29.5 Å². The average molecular weight is 469 g/mol. The minimum absolute atomic E-state index is 0.0198. The molecule has 1 heterocycles. The predicted molar refractivity (Wildman–Crippen MR) is 115 cm³/mol. The summed E-state index contributed by atoms with van der Waals surface area (Å²) in [6.07, 6.45) is 0.754. The fraction of sp³-hybridized carbons (Fsp3) is 0.211. The van der Waals surface area contributed by atoms with Gasteiger partial charge in [0.1, 0.15) is 10.8 Å². The molecule has 0 spiro atoms. The van der Waals surface area contributed by atoms with E-state index in [0.717, 1.165) is 35.7 Å². The Kier molecular flexibility index (Phi) is 6.69. The fourth-order valence-corrected chi connectivity index (χ4v) is 4.71. The molecule has 2 aromatic carbocycles. The third-order valence-electron chi connectivity index (χ3n) is 3.87. The molecule has 0 aliphatic heterocycles. The summed E-state index contributed by atoms with van der Waals surface area (Å²) in [6, 6.07) is 8.52. The Bertz CT molecular complexity index is 1160. The molecule has 1 aromatic heterocycles. The van der Waals surface area contributed by atoms with Gasteiger partial charge in [-0.1, -0.05) is 36.8 Å². The van der Waals surface area contributed by atoms with Crippen LogP contribution >= 0.6 is 22.9 Å². The summed E-state index contributed by atoms with van der Waals surface area (Å²) in [5, 5.41) is 11.9. The van der Waals surface area contributed by atoms with Crippen molar-refractivity contribution in [3.8, 4) is 0 Å². The molecule has 0 bridgehead atoms. The Balaban J connectivity index is 1.78. The molecule has 0 unspecified atom stereocenters. The highest BCUT2D eigenvalue weighted by Gasteiger charge is 2.18. The Hall–Kier alpha value is -2.56. The Labute approximate surface area is 182 Å². The van der Waals surface area contributed by atoms with Crippen molar-refractivity contribution in [2.75, 3.05) is 10.0 Å². The Morgan fingerprint density at radius 3 is 2.53 bits per heavy atom. The summed E-state index contributed by atoms with van der Waals surface area (Å²) < 4.78 is 40.4. The van der Waals surface area contributed by atoms with Crippen LogP contribution in [0.25, 0.3) is 0 Å². The van der Waals surface area contributed by atoms with Gasteiger partial charge in [0.25, 0.3) is 15.9 Å². The van der Waals surface area contributed by atoms with E-state index in [2.05, 4.69) is 34.1 Å². The lowest BCUT2D eigenvalue weighted by atomic mass is 10.1. The molecule has 0 saturated heterocycles. The number of carbonyl (C=O) groups is 1. The molecule has 11 heteroatoms. The largest absolute Gasteiger partial charge is 0.296 e. The van der Waals surface area contributed by atoms with Crippen LogP contribution in [0.4, 0.5) is 15.2 Å². The minimum Gasteiger partial charge on any atom is -0.296 e. The van der Waals surface area contributed by atoms with Crippen LogP contribution in [0, 0.1) is 11.7 Å². The zero-order valence-corrected chi connectivity index (χ0v) is 18.4. The number of anilines is 2. The predicted octanol–water partition coefficient (Wildman–Crippen LogP) is 4.58. The highest BCUT2D eigenvalue weighted by molar-refractivity contribution is 7.92. The first-order chi connectivity index (χ1) is 14.1. The highest BCUT2D eigenvalue weighted by Crippen LogP contribution is 2.27. The van der Waals surface area contributed by atoms with Gasteiger partial charge >= 0.3 is 0 Å². The van der Waals surface area contributed by atoms with Gasteiger partial charge in [-0.2, -0.15) is 0 Å². The first kappa shape index (κ1) is 22.1. The molecule has 0 fully saturated rings. The first-order valence-corrected chi connectivity index (χ1v) is 11.5. The number of hydrogen-bond acceptors (Lipinski definition) is 6. The maximum atomic E-state index is 13.1. The molecule has 0 aliphatic rings. The van der Waals surface area contributed by atoms with Crippen LogP contribution in [-0.2, 0) is 16.4 Å². The third kappa shape index (κ3) is 5.53. The van der Waals surface area contributed by atoms with E-state index >= 15 is 0 Å². The lowest BCUT2D eigenvalue weighted by Crippen LogP contribution is -2.15. The highest BCUT2D eigenvalue weighted by atomic mass is 35.5. The van der Waals surface area contributed by atoms with Gasteiger partial charge in [-0.3, -0.25) is 14.8 Å². The molecule has 2 N–H and O–H groups in total. The van der Waals surface area contributed by atoms with Crippen molar-refractivity contribution in [3.05, 3.63) is 63.9 Å². The molecular weight excluding hydrogens is 451 g/mol. The standard InChI is InChI=1S/C19H18ClFN4O3S2/c1-11(2)9-17-23-24-19(29-17)22-18(26)12-3-8-15(20)16(10-12)25-30(27,28)14-6-4-13(21)5-7-14/h3-8,10-11,25H,9H2,1-2H3,(H,22,24,26). The van der Waals surface area contributed by atoms with Crippen molar-refractivity contribution in [1.82, 2.24) is 10.2 Å². The second-order valence-corrected chi connectivity index (χ2v) is 9.96. The summed E-state index contributed by atoms with van der Waals surface area (Å²) in [7, 11) is -4.02. The van der Waals surface area contributed by atoms with Crippen molar-refractivity contribution in [2.24, 2.45) is 5.92 Å². The molecule has 1 amide bonds. The molecule has 3 aromatic rings. The summed E-state index contributed by atoms with van der Waals surface area (Å²) in [4.78, 5) is 12.4. The Morgan fingerprint density at radius 1 is 1.17 bits per heavy atom. The third-order valence-corrected chi connectivity index (χ3v) is 6.44. The van der Waals surface area contributed by atoms with Gasteiger partial charge in [0, 0.05) is 12.0 Å². The maximum Gasteiger partial charge on any atom is 0.261 e. The molecule has 0 atom stereocenters. The van der Waals surface area contributed by atoms with Crippen LogP contribution in [0.2, 0.25) is 5.02 Å². The second kappa shape index (κ2) is 9.07. The zero-order chi connectivity index (χ0) is 21.9. The summed E-state index contributed by atoms with van der Waals surface area (Å²) in [6.45, 7) is 4.11. The van der Waals surface area contributed by atoms with Gasteiger partial charge in [0.05, 0.1) is 15.6 Å². The number of halogens is 2. The number of amides is 1. The number of rotatable bonds is 7. The number of sulfonamides is 1. The SMILES string of the molecule is CC(C)Cc1nnc(NC(=O)c2ccc(Cl)c(NS(=O)(=O)c3ccc(F)cc3)c2)s1. The lowest BCUT2D eigenvalue weighted by molar-refractivity contribution is 0.102. The van der Waals surface area contributed by atoms with Gasteiger partial charge in [-0.15, -0.1) is 10.2 Å². The number of nitrogens with zero attached hydrogens (tertiary/aromatic N) is 2. The number of benzene rings is 2. The second-order valence-electron chi connectivity index (χ2n) is 6.81. The normalized spacial score (nSPS) is 11.5. The monoisotopic (exact) mass is 468 g/mol. The van der Waals surface area contributed by atoms with E-state index in [9.17, 15) is 17.6 Å². The fourth-order valence-electron chi connectivity index (χ4n) is 2.47. The van der Waals surface area contributed by atoms with Crippen LogP contribution in [0.3, 0.4) is 0 Å². The molecule has 158 valence electrons. The first-order valence-electron chi connectivity index (χ1n) is 8.86. The van der Waals surface area contributed by atoms with E-state index in [4.69, 9.17) is 11.6 Å². The van der Waals surface area contributed by atoms with Gasteiger partial charge < -0.3 is 0 Å². The molecular formula is C19H18ClFN4O3S2. The van der Waals surface area contributed by atoms with Crippen LogP contribution in [-0.4, -0.2) is 24.5 Å². The van der Waals surface area contributed by atoms with Crippen LogP contribution in [0.1, 0.15) is 29.2 Å². The topological polar surface area (TPSA) is 101 Å².